The third-order valence-corrected chi connectivity index (χ3v) is 5.59. The van der Waals surface area contributed by atoms with Crippen molar-refractivity contribution in [2.75, 3.05) is 0 Å². The highest BCUT2D eigenvalue weighted by Gasteiger charge is 2.18. The Morgan fingerprint density at radius 3 is 2.00 bits per heavy atom. The smallest absolute Gasteiger partial charge is 0.0702 e. The van der Waals surface area contributed by atoms with Crippen LogP contribution in [0.5, 0.6) is 0 Å². The van der Waals surface area contributed by atoms with E-state index in [0.717, 1.165) is 22.4 Å². The second kappa shape index (κ2) is 8.14. The Balaban J connectivity index is 2.29. The summed E-state index contributed by atoms with van der Waals surface area (Å²) in [6, 6.07) is 16.1. The maximum absolute atomic E-state index is 8.21. The highest BCUT2D eigenvalue weighted by Crippen LogP contribution is 2.39. The van der Waals surface area contributed by atoms with Crippen molar-refractivity contribution in [3.63, 3.8) is 0 Å². The molecule has 0 bridgehead atoms. The van der Waals surface area contributed by atoms with Crippen LogP contribution < -0.4 is 0 Å². The van der Waals surface area contributed by atoms with E-state index >= 15 is 0 Å². The number of rotatable bonds is 4. The normalized spacial score (nSPS) is 14.0. The lowest BCUT2D eigenvalue weighted by Crippen LogP contribution is -2.11. The number of aromatic nitrogens is 1. The lowest BCUT2D eigenvalue weighted by atomic mass is 9.83. The molecule has 152 valence electrons. The first-order valence-electron chi connectivity index (χ1n) is 12.0. The zero-order valence-electron chi connectivity index (χ0n) is 21.8. The zero-order chi connectivity index (χ0) is 23.8. The number of nitrogens with zero attached hydrogens (tertiary/aromatic N) is 1. The van der Waals surface area contributed by atoms with Crippen molar-refractivity contribution in [3.8, 4) is 22.4 Å². The summed E-state index contributed by atoms with van der Waals surface area (Å²) in [5.74, 6) is 0.557. The maximum Gasteiger partial charge on any atom is 0.0702 e. The van der Waals surface area contributed by atoms with Crippen LogP contribution in [0.25, 0.3) is 22.4 Å². The molecule has 0 spiro atoms. The Kier molecular flexibility index (Phi) is 4.90. The molecule has 1 nitrogen and oxygen atoms in total. The summed E-state index contributed by atoms with van der Waals surface area (Å²) >= 11 is 0. The average molecular weight is 389 g/mol. The minimum Gasteiger partial charge on any atom is -0.256 e. The lowest BCUT2D eigenvalue weighted by molar-refractivity contribution is 0.587. The third-order valence-electron chi connectivity index (χ3n) is 5.59. The number of hydrogen-bond acceptors (Lipinski definition) is 1. The van der Waals surface area contributed by atoms with E-state index in [1.165, 1.54) is 16.7 Å². The van der Waals surface area contributed by atoms with Gasteiger partial charge in [-0.25, -0.2) is 0 Å². The van der Waals surface area contributed by atoms with Gasteiger partial charge in [-0.05, 0) is 69.6 Å². The summed E-state index contributed by atoms with van der Waals surface area (Å²) in [6.45, 7) is 13.0. The molecule has 1 heterocycles. The molecule has 0 amide bonds. The number of benzene rings is 2. The summed E-state index contributed by atoms with van der Waals surface area (Å²) < 4.78 is 24.6. The van der Waals surface area contributed by atoms with Crippen molar-refractivity contribution in [1.82, 2.24) is 4.98 Å². The Bertz CT molecular complexity index is 1060. The van der Waals surface area contributed by atoms with E-state index in [9.17, 15) is 0 Å². The second-order valence-corrected chi connectivity index (χ2v) is 9.56. The molecule has 3 rings (SSSR count). The van der Waals surface area contributed by atoms with E-state index in [2.05, 4.69) is 72.7 Å². The molecule has 0 fully saturated rings. The van der Waals surface area contributed by atoms with Crippen molar-refractivity contribution in [3.05, 3.63) is 77.0 Å². The van der Waals surface area contributed by atoms with Gasteiger partial charge < -0.3 is 0 Å². The van der Waals surface area contributed by atoms with Crippen molar-refractivity contribution in [2.45, 2.75) is 72.6 Å². The van der Waals surface area contributed by atoms with Gasteiger partial charge in [0.1, 0.15) is 0 Å². The average Bonchev–Trinajstić information content (AvgIpc) is 2.71. The molecular formula is C28H35N. The van der Waals surface area contributed by atoms with E-state index in [1.54, 1.807) is 6.07 Å². The maximum atomic E-state index is 8.21. The predicted molar refractivity (Wildman–Crippen MR) is 127 cm³/mol. The van der Waals surface area contributed by atoms with Crippen LogP contribution in [0.15, 0.2) is 54.7 Å². The fraction of sp³-hybridized carbons (Fsp3) is 0.393. The Hall–Kier alpha value is -2.41. The van der Waals surface area contributed by atoms with Crippen LogP contribution in [0, 0.1) is 6.85 Å². The monoisotopic (exact) mass is 388 g/mol. The molecule has 3 aromatic rings. The van der Waals surface area contributed by atoms with Gasteiger partial charge in [0.2, 0.25) is 0 Å². The van der Waals surface area contributed by atoms with Crippen LogP contribution in [0.2, 0.25) is 0 Å². The van der Waals surface area contributed by atoms with Gasteiger partial charge in [0.25, 0.3) is 0 Å². The van der Waals surface area contributed by atoms with Crippen LogP contribution in [0.1, 0.15) is 86.7 Å². The van der Waals surface area contributed by atoms with Gasteiger partial charge in [-0.3, -0.25) is 4.98 Å². The number of hydrogen-bond donors (Lipinski definition) is 0. The fourth-order valence-corrected chi connectivity index (χ4v) is 3.78. The van der Waals surface area contributed by atoms with Crippen molar-refractivity contribution in [2.24, 2.45) is 0 Å². The van der Waals surface area contributed by atoms with Crippen LogP contribution in [0.3, 0.4) is 0 Å². The van der Waals surface area contributed by atoms with E-state index in [4.69, 9.17) is 9.10 Å². The molecular weight excluding hydrogens is 350 g/mol. The molecule has 0 atom stereocenters. The third kappa shape index (κ3) is 4.45. The van der Waals surface area contributed by atoms with Crippen LogP contribution in [-0.2, 0) is 5.41 Å². The molecule has 0 aliphatic carbocycles. The summed E-state index contributed by atoms with van der Waals surface area (Å²) in [5, 5.41) is 0. The first-order valence-corrected chi connectivity index (χ1v) is 10.5. The summed E-state index contributed by atoms with van der Waals surface area (Å²) in [6.07, 6.45) is 1.92. The lowest BCUT2D eigenvalue weighted by Gasteiger charge is -2.22. The molecule has 1 heteroatoms. The second-order valence-electron chi connectivity index (χ2n) is 9.56. The molecule has 0 unspecified atom stereocenters. The highest BCUT2D eigenvalue weighted by molar-refractivity contribution is 5.79. The first kappa shape index (κ1) is 17.4. The van der Waals surface area contributed by atoms with Gasteiger partial charge in [-0.2, -0.15) is 0 Å². The van der Waals surface area contributed by atoms with Crippen molar-refractivity contribution < 1.29 is 4.11 Å². The SMILES string of the molecule is [2H]C([2H])([2H])c1ccc(-c2ccc(C(C)(C)C)cn2)cc1-c1c(C(C)C)cccc1C(C)C. The summed E-state index contributed by atoms with van der Waals surface area (Å²) in [7, 11) is 0. The van der Waals surface area contributed by atoms with E-state index in [-0.39, 0.29) is 17.3 Å². The minimum absolute atomic E-state index is 0.0319. The van der Waals surface area contributed by atoms with Crippen LogP contribution >= 0.6 is 0 Å². The molecule has 0 saturated carbocycles. The van der Waals surface area contributed by atoms with E-state index in [0.29, 0.717) is 5.56 Å². The van der Waals surface area contributed by atoms with Crippen molar-refractivity contribution in [1.29, 1.82) is 0 Å². The van der Waals surface area contributed by atoms with Gasteiger partial charge >= 0.3 is 0 Å². The van der Waals surface area contributed by atoms with Gasteiger partial charge in [0.15, 0.2) is 0 Å². The van der Waals surface area contributed by atoms with E-state index in [1.807, 2.05) is 24.4 Å². The summed E-state index contributed by atoms with van der Waals surface area (Å²) in [4.78, 5) is 4.72. The molecule has 0 radical (unpaired) electrons. The summed E-state index contributed by atoms with van der Waals surface area (Å²) in [5.41, 5.74) is 7.57. The standard InChI is InChI=1S/C28H35N/c1-18(2)23-10-9-11-24(19(3)4)27(23)25-16-21(13-12-20(25)5)26-15-14-22(17-29-26)28(6,7)8/h9-19H,1-8H3/i5D3. The molecule has 0 aliphatic heterocycles. The van der Waals surface area contributed by atoms with E-state index < -0.39 is 6.85 Å². The predicted octanol–water partition coefficient (Wildman–Crippen LogP) is 8.27. The zero-order valence-corrected chi connectivity index (χ0v) is 18.8. The molecule has 0 saturated heterocycles. The molecule has 0 N–H and O–H groups in total. The Morgan fingerprint density at radius 2 is 1.52 bits per heavy atom. The number of aryl methyl sites for hydroxylation is 1. The quantitative estimate of drug-likeness (QED) is 0.438. The van der Waals surface area contributed by atoms with Crippen LogP contribution in [-0.4, -0.2) is 4.98 Å². The largest absolute Gasteiger partial charge is 0.256 e. The molecule has 0 aliphatic rings. The molecule has 2 aromatic carbocycles. The van der Waals surface area contributed by atoms with Gasteiger partial charge in [-0.15, -0.1) is 0 Å². The Labute approximate surface area is 181 Å². The van der Waals surface area contributed by atoms with Crippen LogP contribution in [0.4, 0.5) is 0 Å². The molecule has 29 heavy (non-hydrogen) atoms. The Morgan fingerprint density at radius 1 is 0.862 bits per heavy atom. The first-order chi connectivity index (χ1) is 14.8. The van der Waals surface area contributed by atoms with Crippen molar-refractivity contribution >= 4 is 0 Å². The van der Waals surface area contributed by atoms with Gasteiger partial charge in [0, 0.05) is 15.9 Å². The van der Waals surface area contributed by atoms with Gasteiger partial charge in [-0.1, -0.05) is 84.9 Å². The topological polar surface area (TPSA) is 12.9 Å². The minimum atomic E-state index is -2.20. The molecule has 1 aromatic heterocycles. The fourth-order valence-electron chi connectivity index (χ4n) is 3.78. The number of pyridine rings is 1. The highest BCUT2D eigenvalue weighted by atomic mass is 14.7. The van der Waals surface area contributed by atoms with Gasteiger partial charge in [0.05, 0.1) is 5.69 Å².